The summed E-state index contributed by atoms with van der Waals surface area (Å²) in [5.41, 5.74) is 2.19. The van der Waals surface area contributed by atoms with Crippen LogP contribution in [0.5, 0.6) is 0 Å². The lowest BCUT2D eigenvalue weighted by molar-refractivity contribution is -0.113. The van der Waals surface area contributed by atoms with E-state index in [4.69, 9.17) is 23.2 Å². The van der Waals surface area contributed by atoms with Crippen LogP contribution in [0.4, 0.5) is 5.69 Å². The van der Waals surface area contributed by atoms with Gasteiger partial charge in [-0.2, -0.15) is 4.68 Å². The Balaban J connectivity index is 1.34. The molecule has 0 fully saturated rings. The molecule has 0 aliphatic carbocycles. The highest BCUT2D eigenvalue weighted by Crippen LogP contribution is 2.28. The summed E-state index contributed by atoms with van der Waals surface area (Å²) in [5.74, 6) is 0.194. The molecule has 2 amide bonds. The van der Waals surface area contributed by atoms with E-state index in [2.05, 4.69) is 26.2 Å². The van der Waals surface area contributed by atoms with Crippen molar-refractivity contribution in [2.75, 3.05) is 5.32 Å². The van der Waals surface area contributed by atoms with Gasteiger partial charge in [0.05, 0.1) is 11.4 Å². The molecular weight excluding hydrogens is 579 g/mol. The largest absolute Gasteiger partial charge is 0.321 e. The third-order valence-electron chi connectivity index (χ3n) is 5.81. The molecule has 1 heterocycles. The Bertz CT molecular complexity index is 1690. The fourth-order valence-corrected chi connectivity index (χ4v) is 5.18. The molecular formula is C30H22Cl2N6O2S. The van der Waals surface area contributed by atoms with Crippen LogP contribution in [0, 0.1) is 0 Å². The number of anilines is 1. The van der Waals surface area contributed by atoms with E-state index in [1.54, 1.807) is 59.3 Å². The van der Waals surface area contributed by atoms with Crippen LogP contribution in [0.1, 0.15) is 21.7 Å². The van der Waals surface area contributed by atoms with Crippen LogP contribution in [-0.2, 0) is 10.5 Å². The molecule has 11 heteroatoms. The van der Waals surface area contributed by atoms with Crippen LogP contribution in [0.3, 0.4) is 0 Å². The van der Waals surface area contributed by atoms with E-state index in [-0.39, 0.29) is 5.70 Å². The molecule has 0 atom stereocenters. The van der Waals surface area contributed by atoms with Gasteiger partial charge in [0.1, 0.15) is 5.70 Å². The Morgan fingerprint density at radius 1 is 0.854 bits per heavy atom. The first-order valence-corrected chi connectivity index (χ1v) is 14.1. The SMILES string of the molecule is O=C(Nc1cccc(SCc2nnnn2-c2ccccc2)c1)/C(=C\c1c(Cl)cccc1Cl)NC(=O)c1ccccc1. The molecule has 204 valence electrons. The van der Waals surface area contributed by atoms with E-state index >= 15 is 0 Å². The number of hydrogen-bond donors (Lipinski definition) is 2. The van der Waals surface area contributed by atoms with Crippen molar-refractivity contribution in [1.29, 1.82) is 0 Å². The summed E-state index contributed by atoms with van der Waals surface area (Å²) in [6.45, 7) is 0. The zero-order valence-electron chi connectivity index (χ0n) is 21.4. The Morgan fingerprint density at radius 2 is 1.54 bits per heavy atom. The third kappa shape index (κ3) is 7.20. The van der Waals surface area contributed by atoms with E-state index in [1.807, 2.05) is 48.5 Å². The van der Waals surface area contributed by atoms with Crippen LogP contribution in [0.2, 0.25) is 10.0 Å². The summed E-state index contributed by atoms with van der Waals surface area (Å²) in [7, 11) is 0. The van der Waals surface area contributed by atoms with Crippen molar-refractivity contribution in [2.45, 2.75) is 10.6 Å². The van der Waals surface area contributed by atoms with Crippen molar-refractivity contribution in [1.82, 2.24) is 25.5 Å². The zero-order chi connectivity index (χ0) is 28.6. The van der Waals surface area contributed by atoms with Crippen LogP contribution in [0.15, 0.2) is 114 Å². The lowest BCUT2D eigenvalue weighted by Crippen LogP contribution is -2.30. The summed E-state index contributed by atoms with van der Waals surface area (Å²) in [4.78, 5) is 27.3. The monoisotopic (exact) mass is 600 g/mol. The van der Waals surface area contributed by atoms with Crippen molar-refractivity contribution in [3.8, 4) is 5.69 Å². The molecule has 0 spiro atoms. The van der Waals surface area contributed by atoms with Gasteiger partial charge in [-0.15, -0.1) is 16.9 Å². The highest BCUT2D eigenvalue weighted by atomic mass is 35.5. The van der Waals surface area contributed by atoms with Gasteiger partial charge in [-0.3, -0.25) is 9.59 Å². The number of nitrogens with zero attached hydrogens (tertiary/aromatic N) is 4. The number of aromatic nitrogens is 4. The van der Waals surface area contributed by atoms with Gasteiger partial charge in [0, 0.05) is 31.8 Å². The van der Waals surface area contributed by atoms with Gasteiger partial charge in [0.2, 0.25) is 0 Å². The quantitative estimate of drug-likeness (QED) is 0.145. The Morgan fingerprint density at radius 3 is 2.27 bits per heavy atom. The Hall–Kier alpha value is -4.44. The van der Waals surface area contributed by atoms with Crippen LogP contribution >= 0.6 is 35.0 Å². The first kappa shape index (κ1) is 28.1. The van der Waals surface area contributed by atoms with E-state index in [9.17, 15) is 9.59 Å². The van der Waals surface area contributed by atoms with Gasteiger partial charge in [-0.25, -0.2) is 0 Å². The number of rotatable bonds is 9. The van der Waals surface area contributed by atoms with Gasteiger partial charge in [-0.05, 0) is 71.1 Å². The number of thioether (sulfide) groups is 1. The average molecular weight is 602 g/mol. The van der Waals surface area contributed by atoms with Gasteiger partial charge < -0.3 is 10.6 Å². The van der Waals surface area contributed by atoms with Crippen molar-refractivity contribution in [2.24, 2.45) is 0 Å². The molecule has 0 radical (unpaired) electrons. The summed E-state index contributed by atoms with van der Waals surface area (Å²) in [5, 5.41) is 18.3. The molecule has 4 aromatic carbocycles. The van der Waals surface area contributed by atoms with Crippen LogP contribution in [-0.4, -0.2) is 32.0 Å². The number of amides is 2. The van der Waals surface area contributed by atoms with Crippen molar-refractivity contribution in [3.05, 3.63) is 136 Å². The third-order valence-corrected chi connectivity index (χ3v) is 7.46. The molecule has 0 bridgehead atoms. The van der Waals surface area contributed by atoms with Crippen molar-refractivity contribution >= 4 is 58.5 Å². The van der Waals surface area contributed by atoms with Gasteiger partial charge in [-0.1, -0.05) is 71.7 Å². The van der Waals surface area contributed by atoms with Crippen LogP contribution < -0.4 is 10.6 Å². The van der Waals surface area contributed by atoms with E-state index in [1.165, 1.54) is 17.8 Å². The fraction of sp³-hybridized carbons (Fsp3) is 0.0333. The topological polar surface area (TPSA) is 102 Å². The summed E-state index contributed by atoms with van der Waals surface area (Å²) in [6.07, 6.45) is 1.46. The highest BCUT2D eigenvalue weighted by Gasteiger charge is 2.17. The standard InChI is InChI=1S/C30H22Cl2N6O2S/c31-25-15-8-16-26(32)24(25)18-27(34-29(39)20-9-3-1-4-10-20)30(40)33-21-11-7-14-23(17-21)41-19-28-35-36-37-38(28)22-12-5-2-6-13-22/h1-18H,19H2,(H,33,40)(H,34,39)/b27-18+. The second kappa shape index (κ2) is 13.3. The molecule has 0 unspecified atom stereocenters. The number of tetrazole rings is 1. The predicted molar refractivity (Wildman–Crippen MR) is 162 cm³/mol. The number of benzene rings is 4. The van der Waals surface area contributed by atoms with E-state index in [0.717, 1.165) is 10.6 Å². The second-order valence-corrected chi connectivity index (χ2v) is 10.5. The molecule has 5 rings (SSSR count). The molecule has 2 N–H and O–H groups in total. The summed E-state index contributed by atoms with van der Waals surface area (Å²) in [6, 6.07) is 30.6. The molecule has 0 aliphatic heterocycles. The minimum absolute atomic E-state index is 0.0195. The number of para-hydroxylation sites is 1. The fourth-order valence-electron chi connectivity index (χ4n) is 3.81. The first-order valence-electron chi connectivity index (χ1n) is 12.4. The van der Waals surface area contributed by atoms with Crippen molar-refractivity contribution < 1.29 is 9.59 Å². The number of nitrogens with one attached hydrogen (secondary N) is 2. The lowest BCUT2D eigenvalue weighted by Gasteiger charge is -2.13. The number of carbonyl (C=O) groups excluding carboxylic acids is 2. The maximum absolute atomic E-state index is 13.4. The second-order valence-electron chi connectivity index (χ2n) is 8.63. The lowest BCUT2D eigenvalue weighted by atomic mass is 10.1. The number of carbonyl (C=O) groups is 2. The van der Waals surface area contributed by atoms with E-state index < -0.39 is 11.8 Å². The minimum atomic E-state index is -0.541. The van der Waals surface area contributed by atoms with Gasteiger partial charge in [0.15, 0.2) is 5.82 Å². The molecule has 1 aromatic heterocycles. The molecule has 0 aliphatic rings. The molecule has 0 saturated carbocycles. The molecule has 5 aromatic rings. The Kier molecular flexibility index (Phi) is 9.10. The maximum atomic E-state index is 13.4. The smallest absolute Gasteiger partial charge is 0.272 e. The highest BCUT2D eigenvalue weighted by molar-refractivity contribution is 7.98. The summed E-state index contributed by atoms with van der Waals surface area (Å²) < 4.78 is 1.69. The van der Waals surface area contributed by atoms with Gasteiger partial charge in [0.25, 0.3) is 11.8 Å². The molecule has 0 saturated heterocycles. The zero-order valence-corrected chi connectivity index (χ0v) is 23.7. The number of halogens is 2. The van der Waals surface area contributed by atoms with Crippen molar-refractivity contribution in [3.63, 3.8) is 0 Å². The van der Waals surface area contributed by atoms with Crippen LogP contribution in [0.25, 0.3) is 11.8 Å². The average Bonchev–Trinajstić information content (AvgIpc) is 3.47. The minimum Gasteiger partial charge on any atom is -0.321 e. The van der Waals surface area contributed by atoms with Gasteiger partial charge >= 0.3 is 0 Å². The molecule has 41 heavy (non-hydrogen) atoms. The normalized spacial score (nSPS) is 11.2. The molecule has 8 nitrogen and oxygen atoms in total. The summed E-state index contributed by atoms with van der Waals surface area (Å²) >= 11 is 14.2. The van der Waals surface area contributed by atoms with E-state index in [0.29, 0.717) is 38.4 Å². The first-order chi connectivity index (χ1) is 20.0. The Labute approximate surface area is 250 Å². The number of hydrogen-bond acceptors (Lipinski definition) is 6. The predicted octanol–water partition coefficient (Wildman–Crippen LogP) is 6.67. The maximum Gasteiger partial charge on any atom is 0.272 e.